The molecule has 0 spiro atoms. The molecule has 1 aliphatic heterocycles. The molecule has 156 valence electrons. The number of nitrogens with zero attached hydrogens (tertiary/aromatic N) is 4. The zero-order chi connectivity index (χ0) is 21.7. The molecule has 8 heteroatoms. The van der Waals surface area contributed by atoms with E-state index in [1.54, 1.807) is 12.3 Å². The Morgan fingerprint density at radius 2 is 1.94 bits per heavy atom. The summed E-state index contributed by atoms with van der Waals surface area (Å²) in [7, 11) is 0. The van der Waals surface area contributed by atoms with Gasteiger partial charge in [0.15, 0.2) is 17.8 Å². The van der Waals surface area contributed by atoms with Gasteiger partial charge in [0.2, 0.25) is 5.89 Å². The van der Waals surface area contributed by atoms with Crippen molar-refractivity contribution in [2.75, 3.05) is 5.32 Å². The van der Waals surface area contributed by atoms with E-state index in [1.165, 1.54) is 12.5 Å². The van der Waals surface area contributed by atoms with Crippen LogP contribution in [0.2, 0.25) is 0 Å². The number of rotatable bonds is 3. The van der Waals surface area contributed by atoms with Gasteiger partial charge in [-0.3, -0.25) is 4.98 Å². The fraction of sp³-hybridized carbons (Fsp3) is 0.0833. The van der Waals surface area contributed by atoms with Gasteiger partial charge in [0.25, 0.3) is 0 Å². The van der Waals surface area contributed by atoms with Crippen molar-refractivity contribution in [3.8, 4) is 22.7 Å². The van der Waals surface area contributed by atoms with Crippen LogP contribution in [0.25, 0.3) is 45.3 Å². The largest absolute Gasteiger partial charge is 0.460 e. The number of hydrogen-bond donors (Lipinski definition) is 2. The molecule has 5 aromatic rings. The van der Waals surface area contributed by atoms with Crippen molar-refractivity contribution >= 4 is 28.4 Å². The maximum Gasteiger partial charge on any atom is 0.226 e. The third-order valence-electron chi connectivity index (χ3n) is 5.31. The molecule has 1 aliphatic rings. The van der Waals surface area contributed by atoms with E-state index in [1.807, 2.05) is 49.4 Å². The van der Waals surface area contributed by atoms with Crippen molar-refractivity contribution in [2.45, 2.75) is 13.2 Å². The number of aliphatic hydroxyl groups excluding tert-OH is 1. The van der Waals surface area contributed by atoms with E-state index in [-0.39, 0.29) is 0 Å². The molecule has 1 unspecified atom stereocenters. The lowest BCUT2D eigenvalue weighted by atomic mass is 10.0. The number of furan rings is 1. The normalized spacial score (nSPS) is 15.3. The summed E-state index contributed by atoms with van der Waals surface area (Å²) in [5.41, 5.74) is 4.05. The first-order valence-electron chi connectivity index (χ1n) is 10.1. The second-order valence-corrected chi connectivity index (χ2v) is 7.46. The summed E-state index contributed by atoms with van der Waals surface area (Å²) in [5.74, 6) is 2.13. The van der Waals surface area contributed by atoms with E-state index in [0.29, 0.717) is 40.1 Å². The molecule has 1 atom stereocenters. The number of pyridine rings is 1. The average Bonchev–Trinajstić information content (AvgIpc) is 3.49. The zero-order valence-corrected chi connectivity index (χ0v) is 17.0. The molecule has 0 radical (unpaired) electrons. The predicted octanol–water partition coefficient (Wildman–Crippen LogP) is 4.53. The summed E-state index contributed by atoms with van der Waals surface area (Å²) in [6, 6.07) is 13.6. The lowest BCUT2D eigenvalue weighted by Crippen LogP contribution is -2.25. The Hall–Kier alpha value is -4.30. The number of nitrogens with one attached hydrogen (secondary N) is 1. The maximum absolute atomic E-state index is 10.6. The zero-order valence-electron chi connectivity index (χ0n) is 17.0. The van der Waals surface area contributed by atoms with Crippen LogP contribution >= 0.6 is 0 Å². The fourth-order valence-electron chi connectivity index (χ4n) is 3.79. The summed E-state index contributed by atoms with van der Waals surface area (Å²) < 4.78 is 11.2. The molecule has 6 rings (SSSR count). The molecule has 0 aliphatic carbocycles. The van der Waals surface area contributed by atoms with E-state index in [9.17, 15) is 5.11 Å². The molecular weight excluding hydrogens is 406 g/mol. The second-order valence-electron chi connectivity index (χ2n) is 7.46. The van der Waals surface area contributed by atoms with E-state index < -0.39 is 6.23 Å². The number of hydrogen-bond acceptors (Lipinski definition) is 8. The topological polar surface area (TPSA) is 110 Å². The number of anilines is 1. The van der Waals surface area contributed by atoms with Crippen LogP contribution in [0.5, 0.6) is 0 Å². The van der Waals surface area contributed by atoms with E-state index in [2.05, 4.69) is 15.3 Å². The van der Waals surface area contributed by atoms with Gasteiger partial charge in [-0.05, 0) is 43.3 Å². The van der Waals surface area contributed by atoms with E-state index in [4.69, 9.17) is 18.8 Å². The summed E-state index contributed by atoms with van der Waals surface area (Å²) in [6.45, 7) is 1.88. The standard InChI is InChI=1S/C24H17N5O3/c1-13-4-7-19(32-13)21-20(15-5-6-17-14(11-15)3-2-8-25-17)27-18-12-16(24-26-9-10-31-24)23(30)29-22(18)28-21/h2-12,23,30H,1H3,(H,28,29). The van der Waals surface area contributed by atoms with Crippen LogP contribution in [0.4, 0.5) is 5.82 Å². The van der Waals surface area contributed by atoms with Crippen molar-refractivity contribution in [1.29, 1.82) is 0 Å². The SMILES string of the molecule is Cc1ccc(-c2nc3c(nc2-c2ccc4ncccc4c2)C=C(c2ncco2)C(O)N3)o1. The van der Waals surface area contributed by atoms with Gasteiger partial charge in [0.1, 0.15) is 29.1 Å². The highest BCUT2D eigenvalue weighted by Gasteiger charge is 2.27. The minimum absolute atomic E-state index is 0.321. The summed E-state index contributed by atoms with van der Waals surface area (Å²) in [6.07, 6.45) is 5.46. The van der Waals surface area contributed by atoms with E-state index >= 15 is 0 Å². The Bertz CT molecular complexity index is 1490. The first-order chi connectivity index (χ1) is 15.7. The van der Waals surface area contributed by atoms with Crippen LogP contribution in [0.15, 0.2) is 70.0 Å². The molecule has 0 saturated heterocycles. The first kappa shape index (κ1) is 18.5. The van der Waals surface area contributed by atoms with Gasteiger partial charge >= 0.3 is 0 Å². The van der Waals surface area contributed by atoms with Crippen molar-refractivity contribution in [1.82, 2.24) is 19.9 Å². The number of oxazole rings is 1. The Morgan fingerprint density at radius 3 is 2.75 bits per heavy atom. The molecule has 1 aromatic carbocycles. The van der Waals surface area contributed by atoms with Crippen molar-refractivity contribution < 1.29 is 13.9 Å². The van der Waals surface area contributed by atoms with Gasteiger partial charge in [-0.15, -0.1) is 0 Å². The van der Waals surface area contributed by atoms with Gasteiger partial charge in [0.05, 0.1) is 17.3 Å². The molecular formula is C24H17N5O3. The minimum Gasteiger partial charge on any atom is -0.460 e. The van der Waals surface area contributed by atoms with Crippen LogP contribution < -0.4 is 5.32 Å². The Labute approximate surface area is 182 Å². The van der Waals surface area contributed by atoms with Gasteiger partial charge in [-0.2, -0.15) is 0 Å². The first-order valence-corrected chi connectivity index (χ1v) is 10.1. The molecule has 0 bridgehead atoms. The average molecular weight is 423 g/mol. The maximum atomic E-state index is 10.6. The third kappa shape index (κ3) is 3.05. The monoisotopic (exact) mass is 423 g/mol. The summed E-state index contributed by atoms with van der Waals surface area (Å²) in [4.78, 5) is 18.2. The van der Waals surface area contributed by atoms with Crippen LogP contribution in [-0.4, -0.2) is 31.3 Å². The van der Waals surface area contributed by atoms with E-state index in [0.717, 1.165) is 22.2 Å². The molecule has 5 heterocycles. The van der Waals surface area contributed by atoms with Crippen molar-refractivity contribution in [2.24, 2.45) is 0 Å². The number of aliphatic hydroxyl groups is 1. The summed E-state index contributed by atoms with van der Waals surface area (Å²) >= 11 is 0. The summed E-state index contributed by atoms with van der Waals surface area (Å²) in [5, 5.41) is 14.6. The molecule has 0 amide bonds. The number of aryl methyl sites for hydroxylation is 1. The van der Waals surface area contributed by atoms with Gasteiger partial charge in [-0.25, -0.2) is 15.0 Å². The lowest BCUT2D eigenvalue weighted by molar-refractivity contribution is 0.257. The second kappa shape index (κ2) is 7.14. The molecule has 4 aromatic heterocycles. The Balaban J connectivity index is 1.58. The Kier molecular flexibility index (Phi) is 4.12. The smallest absolute Gasteiger partial charge is 0.226 e. The highest BCUT2D eigenvalue weighted by Crippen LogP contribution is 2.37. The van der Waals surface area contributed by atoms with Crippen molar-refractivity contribution in [3.05, 3.63) is 78.5 Å². The van der Waals surface area contributed by atoms with Crippen LogP contribution in [-0.2, 0) is 0 Å². The Morgan fingerprint density at radius 1 is 1.00 bits per heavy atom. The minimum atomic E-state index is -1.03. The predicted molar refractivity (Wildman–Crippen MR) is 119 cm³/mol. The van der Waals surface area contributed by atoms with Gasteiger partial charge in [0, 0.05) is 17.1 Å². The van der Waals surface area contributed by atoms with Crippen LogP contribution in [0.1, 0.15) is 17.3 Å². The third-order valence-corrected chi connectivity index (χ3v) is 5.31. The van der Waals surface area contributed by atoms with Gasteiger partial charge in [-0.1, -0.05) is 12.1 Å². The van der Waals surface area contributed by atoms with Gasteiger partial charge < -0.3 is 19.3 Å². The molecule has 2 N–H and O–H groups in total. The number of aromatic nitrogens is 4. The number of benzene rings is 1. The fourth-order valence-corrected chi connectivity index (χ4v) is 3.79. The number of fused-ring (bicyclic) bond motifs is 2. The lowest BCUT2D eigenvalue weighted by Gasteiger charge is -2.22. The molecule has 32 heavy (non-hydrogen) atoms. The van der Waals surface area contributed by atoms with Crippen molar-refractivity contribution in [3.63, 3.8) is 0 Å². The molecule has 0 saturated carbocycles. The molecule has 0 fully saturated rings. The van der Waals surface area contributed by atoms with Crippen LogP contribution in [0.3, 0.4) is 0 Å². The highest BCUT2D eigenvalue weighted by atomic mass is 16.3. The molecule has 8 nitrogen and oxygen atoms in total. The highest BCUT2D eigenvalue weighted by molar-refractivity contribution is 5.91. The quantitative estimate of drug-likeness (QED) is 0.435. The van der Waals surface area contributed by atoms with Crippen LogP contribution in [0, 0.1) is 6.92 Å².